The number of amides is 1. The van der Waals surface area contributed by atoms with Gasteiger partial charge in [0.25, 0.3) is 5.91 Å². The summed E-state index contributed by atoms with van der Waals surface area (Å²) in [4.78, 5) is 19.8. The average Bonchev–Trinajstić information content (AvgIpc) is 3.29. The third-order valence-electron chi connectivity index (χ3n) is 4.28. The highest BCUT2D eigenvalue weighted by Gasteiger charge is 2.09. The van der Waals surface area contributed by atoms with Crippen LogP contribution < -0.4 is 11.1 Å². The predicted octanol–water partition coefficient (Wildman–Crippen LogP) is 2.23. The molecule has 0 aliphatic heterocycles. The molecule has 0 saturated heterocycles. The number of para-hydroxylation sites is 1. The summed E-state index contributed by atoms with van der Waals surface area (Å²) in [7, 11) is 0. The van der Waals surface area contributed by atoms with E-state index in [0.717, 1.165) is 21.3 Å². The minimum Gasteiger partial charge on any atom is -0.506 e. The van der Waals surface area contributed by atoms with Gasteiger partial charge in [-0.3, -0.25) is 4.79 Å². The molecule has 0 bridgehead atoms. The van der Waals surface area contributed by atoms with Gasteiger partial charge in [0.05, 0.1) is 28.6 Å². The van der Waals surface area contributed by atoms with Crippen LogP contribution in [0.3, 0.4) is 0 Å². The van der Waals surface area contributed by atoms with Crippen LogP contribution in [0.2, 0.25) is 0 Å². The standard InChI is InChI=1S/C21H15N5O2S/c1-2-18(28)23-11-14-6-3-7-15-19(14)24-12-26(15)8-4-5-13-9-16(27)20-17(10-13)29-21(22)25-20/h1,3,6-7,9-10,12,27H,8,11H2,(H2,22,25)(H,23,28). The number of hydrogen-bond acceptors (Lipinski definition) is 6. The van der Waals surface area contributed by atoms with Gasteiger partial charge in [-0.1, -0.05) is 35.3 Å². The second-order valence-electron chi connectivity index (χ2n) is 6.18. The van der Waals surface area contributed by atoms with Crippen molar-refractivity contribution in [3.05, 3.63) is 47.8 Å². The number of hydrogen-bond donors (Lipinski definition) is 3. The lowest BCUT2D eigenvalue weighted by molar-refractivity contribution is -0.115. The summed E-state index contributed by atoms with van der Waals surface area (Å²) in [6.07, 6.45) is 6.78. The Bertz CT molecular complexity index is 1350. The number of terminal acetylenes is 1. The summed E-state index contributed by atoms with van der Waals surface area (Å²) in [6, 6.07) is 9.15. The van der Waals surface area contributed by atoms with Crippen molar-refractivity contribution in [3.8, 4) is 29.9 Å². The fourth-order valence-corrected chi connectivity index (χ4v) is 3.77. The highest BCUT2D eigenvalue weighted by Crippen LogP contribution is 2.31. The molecule has 4 N–H and O–H groups in total. The normalized spacial score (nSPS) is 10.4. The molecule has 2 aromatic heterocycles. The molecule has 7 nitrogen and oxygen atoms in total. The molecule has 0 unspecified atom stereocenters. The van der Waals surface area contributed by atoms with E-state index < -0.39 is 5.91 Å². The molecule has 0 radical (unpaired) electrons. The van der Waals surface area contributed by atoms with Crippen LogP contribution >= 0.6 is 11.3 Å². The van der Waals surface area contributed by atoms with E-state index in [2.05, 4.69) is 27.1 Å². The van der Waals surface area contributed by atoms with Crippen molar-refractivity contribution < 1.29 is 9.90 Å². The number of anilines is 1. The maximum absolute atomic E-state index is 11.3. The molecule has 0 aliphatic carbocycles. The molecule has 1 amide bonds. The highest BCUT2D eigenvalue weighted by atomic mass is 32.1. The zero-order chi connectivity index (χ0) is 20.4. The molecule has 142 valence electrons. The van der Waals surface area contributed by atoms with Gasteiger partial charge in [-0.25, -0.2) is 9.97 Å². The maximum Gasteiger partial charge on any atom is 0.295 e. The van der Waals surface area contributed by atoms with Gasteiger partial charge in [0.15, 0.2) is 5.13 Å². The Morgan fingerprint density at radius 3 is 3.03 bits per heavy atom. The first kappa shape index (κ1) is 18.4. The fourth-order valence-electron chi connectivity index (χ4n) is 2.97. The van der Waals surface area contributed by atoms with E-state index in [0.29, 0.717) is 29.3 Å². The number of imidazole rings is 1. The lowest BCUT2D eigenvalue weighted by Gasteiger charge is -2.04. The topological polar surface area (TPSA) is 106 Å². The largest absolute Gasteiger partial charge is 0.506 e. The molecule has 0 spiro atoms. The number of nitrogens with one attached hydrogen (secondary N) is 1. The predicted molar refractivity (Wildman–Crippen MR) is 113 cm³/mol. The Balaban J connectivity index is 1.57. The molecule has 0 fully saturated rings. The van der Waals surface area contributed by atoms with Gasteiger partial charge in [0, 0.05) is 12.1 Å². The van der Waals surface area contributed by atoms with Crippen molar-refractivity contribution in [2.24, 2.45) is 0 Å². The van der Waals surface area contributed by atoms with Crippen molar-refractivity contribution >= 4 is 43.6 Å². The Hall–Kier alpha value is -4.01. The van der Waals surface area contributed by atoms with Crippen molar-refractivity contribution in [1.82, 2.24) is 19.9 Å². The van der Waals surface area contributed by atoms with Gasteiger partial charge in [-0.05, 0) is 29.7 Å². The van der Waals surface area contributed by atoms with Crippen molar-refractivity contribution in [1.29, 1.82) is 0 Å². The fraction of sp³-hybridized carbons (Fsp3) is 0.0952. The monoisotopic (exact) mass is 401 g/mol. The number of carbonyl (C=O) groups is 1. The minimum atomic E-state index is -0.463. The molecular weight excluding hydrogens is 386 g/mol. The molecule has 8 heteroatoms. The van der Waals surface area contributed by atoms with Crippen LogP contribution in [0, 0.1) is 24.2 Å². The number of phenolic OH excluding ortho intramolecular Hbond substituents is 1. The van der Waals surface area contributed by atoms with E-state index in [4.69, 9.17) is 12.2 Å². The number of aromatic nitrogens is 3. The zero-order valence-corrected chi connectivity index (χ0v) is 16.0. The van der Waals surface area contributed by atoms with Crippen molar-refractivity contribution in [2.45, 2.75) is 13.1 Å². The van der Waals surface area contributed by atoms with E-state index in [1.165, 1.54) is 11.3 Å². The zero-order valence-electron chi connectivity index (χ0n) is 15.1. The van der Waals surface area contributed by atoms with Gasteiger partial charge in [-0.2, -0.15) is 0 Å². The van der Waals surface area contributed by atoms with Crippen LogP contribution in [0.1, 0.15) is 11.1 Å². The number of fused-ring (bicyclic) bond motifs is 2. The summed E-state index contributed by atoms with van der Waals surface area (Å²) < 4.78 is 2.70. The number of carbonyl (C=O) groups excluding carboxylic acids is 1. The van der Waals surface area contributed by atoms with E-state index in [9.17, 15) is 9.90 Å². The first-order valence-electron chi connectivity index (χ1n) is 8.60. The second kappa shape index (κ2) is 7.55. The van der Waals surface area contributed by atoms with Gasteiger partial charge in [0.2, 0.25) is 0 Å². The van der Waals surface area contributed by atoms with Crippen LogP contribution in [-0.2, 0) is 17.9 Å². The number of thiazole rings is 1. The van der Waals surface area contributed by atoms with Gasteiger partial charge in [0.1, 0.15) is 11.3 Å². The Morgan fingerprint density at radius 2 is 2.21 bits per heavy atom. The number of rotatable bonds is 3. The average molecular weight is 401 g/mol. The summed E-state index contributed by atoms with van der Waals surface area (Å²) >= 11 is 1.30. The molecule has 0 aliphatic rings. The lowest BCUT2D eigenvalue weighted by Crippen LogP contribution is -2.20. The first-order chi connectivity index (χ1) is 14.0. The summed E-state index contributed by atoms with van der Waals surface area (Å²) in [5.41, 5.74) is 9.43. The smallest absolute Gasteiger partial charge is 0.295 e. The molecule has 2 heterocycles. The van der Waals surface area contributed by atoms with Crippen molar-refractivity contribution in [3.63, 3.8) is 0 Å². The van der Waals surface area contributed by atoms with Crippen LogP contribution in [0.4, 0.5) is 5.13 Å². The number of nitrogen functional groups attached to an aromatic ring is 1. The summed E-state index contributed by atoms with van der Waals surface area (Å²) in [6.45, 7) is 0.723. The number of nitrogens with zero attached hydrogens (tertiary/aromatic N) is 3. The number of phenols is 1. The van der Waals surface area contributed by atoms with Crippen LogP contribution in [0.5, 0.6) is 5.75 Å². The van der Waals surface area contributed by atoms with Crippen LogP contribution in [-0.4, -0.2) is 25.5 Å². The number of benzene rings is 2. The van der Waals surface area contributed by atoms with E-state index >= 15 is 0 Å². The molecular formula is C21H15N5O2S. The summed E-state index contributed by atoms with van der Waals surface area (Å²) in [5.74, 6) is 7.77. The van der Waals surface area contributed by atoms with Gasteiger partial charge in [-0.15, -0.1) is 6.42 Å². The third-order valence-corrected chi connectivity index (χ3v) is 5.11. The number of aromatic hydroxyl groups is 1. The summed E-state index contributed by atoms with van der Waals surface area (Å²) in [5, 5.41) is 13.1. The first-order valence-corrected chi connectivity index (χ1v) is 9.42. The molecule has 29 heavy (non-hydrogen) atoms. The van der Waals surface area contributed by atoms with E-state index in [1.54, 1.807) is 12.4 Å². The van der Waals surface area contributed by atoms with Gasteiger partial charge >= 0.3 is 0 Å². The third kappa shape index (κ3) is 3.70. The minimum absolute atomic E-state index is 0.0616. The van der Waals surface area contributed by atoms with Gasteiger partial charge < -0.3 is 20.7 Å². The quantitative estimate of drug-likeness (QED) is 0.457. The van der Waals surface area contributed by atoms with E-state index in [-0.39, 0.29) is 5.75 Å². The number of nitrogens with two attached hydrogens (primary N) is 1. The Labute approximate surface area is 170 Å². The molecule has 4 rings (SSSR count). The second-order valence-corrected chi connectivity index (χ2v) is 7.24. The van der Waals surface area contributed by atoms with E-state index in [1.807, 2.05) is 34.8 Å². The van der Waals surface area contributed by atoms with Crippen LogP contribution in [0.15, 0.2) is 36.7 Å². The SMILES string of the molecule is C#CC(=O)NCc1cccc2c1ncn2CC#Cc1cc(O)c2nc(N)sc2c1. The van der Waals surface area contributed by atoms with Crippen LogP contribution in [0.25, 0.3) is 21.3 Å². The molecule has 4 aromatic rings. The lowest BCUT2D eigenvalue weighted by atomic mass is 10.2. The highest BCUT2D eigenvalue weighted by molar-refractivity contribution is 7.22. The molecule has 2 aromatic carbocycles. The van der Waals surface area contributed by atoms with Crippen molar-refractivity contribution in [2.75, 3.05) is 5.73 Å². The molecule has 0 saturated carbocycles. The Kier molecular flexibility index (Phi) is 4.78. The Morgan fingerprint density at radius 1 is 1.34 bits per heavy atom. The molecule has 0 atom stereocenters. The maximum atomic E-state index is 11.3.